The first-order valence-electron chi connectivity index (χ1n) is 5.98. The van der Waals surface area contributed by atoms with Crippen LogP contribution in [-0.2, 0) is 4.79 Å². The van der Waals surface area contributed by atoms with Crippen LogP contribution in [0.2, 0.25) is 0 Å². The van der Waals surface area contributed by atoms with Gasteiger partial charge in [0.15, 0.2) is 5.78 Å². The molecule has 0 radical (unpaired) electrons. The molecule has 0 aromatic heterocycles. The van der Waals surface area contributed by atoms with E-state index in [-0.39, 0.29) is 12.2 Å². The summed E-state index contributed by atoms with van der Waals surface area (Å²) in [5.41, 5.74) is 0.496. The highest BCUT2D eigenvalue weighted by molar-refractivity contribution is 6.04. The monoisotopic (exact) mass is 234 g/mol. The fourth-order valence-corrected chi connectivity index (χ4v) is 1.54. The van der Waals surface area contributed by atoms with Gasteiger partial charge in [-0.05, 0) is 18.6 Å². The van der Waals surface area contributed by atoms with E-state index in [0.29, 0.717) is 24.2 Å². The van der Waals surface area contributed by atoms with Crippen LogP contribution in [0.3, 0.4) is 0 Å². The Balaban J connectivity index is 2.64. The first-order valence-corrected chi connectivity index (χ1v) is 5.98. The summed E-state index contributed by atoms with van der Waals surface area (Å²) in [4.78, 5) is 22.0. The van der Waals surface area contributed by atoms with Crippen LogP contribution in [0, 0.1) is 0 Å². The molecule has 3 heteroatoms. The third-order valence-electron chi connectivity index (χ3n) is 2.46. The molecule has 0 fully saturated rings. The minimum atomic E-state index is -0.189. The number of carbonyl (C=O) groups is 2. The van der Waals surface area contributed by atoms with Gasteiger partial charge in [-0.15, -0.1) is 0 Å². The third kappa shape index (κ3) is 4.39. The van der Waals surface area contributed by atoms with Crippen molar-refractivity contribution in [1.29, 1.82) is 0 Å². The lowest BCUT2D eigenvalue weighted by Crippen LogP contribution is -2.05. The number of hydrogen-bond donors (Lipinski definition) is 0. The molecule has 0 aliphatic rings. The zero-order chi connectivity index (χ0) is 12.5. The molecule has 0 bridgehead atoms. The van der Waals surface area contributed by atoms with Gasteiger partial charge < -0.3 is 9.53 Å². The van der Waals surface area contributed by atoms with Crippen molar-refractivity contribution < 1.29 is 14.3 Å². The maximum absolute atomic E-state index is 11.6. The van der Waals surface area contributed by atoms with Crippen molar-refractivity contribution >= 4 is 12.1 Å². The summed E-state index contributed by atoms with van der Waals surface area (Å²) in [7, 11) is 0. The van der Waals surface area contributed by atoms with Crippen LogP contribution in [0.4, 0.5) is 0 Å². The summed E-state index contributed by atoms with van der Waals surface area (Å²) >= 11 is 0. The first kappa shape index (κ1) is 13.4. The highest BCUT2D eigenvalue weighted by atomic mass is 16.5. The maximum Gasteiger partial charge on any atom is 0.173 e. The minimum Gasteiger partial charge on any atom is -0.493 e. The van der Waals surface area contributed by atoms with E-state index in [9.17, 15) is 9.59 Å². The van der Waals surface area contributed by atoms with Gasteiger partial charge in [0.25, 0.3) is 0 Å². The predicted molar refractivity (Wildman–Crippen MR) is 66.5 cm³/mol. The van der Waals surface area contributed by atoms with E-state index in [1.165, 1.54) is 0 Å². The molecular weight excluding hydrogens is 216 g/mol. The zero-order valence-electron chi connectivity index (χ0n) is 10.1. The van der Waals surface area contributed by atoms with Gasteiger partial charge in [0.2, 0.25) is 0 Å². The van der Waals surface area contributed by atoms with E-state index in [1.807, 2.05) is 6.07 Å². The molecule has 0 atom stereocenters. The molecule has 0 unspecified atom stereocenters. The third-order valence-corrected chi connectivity index (χ3v) is 2.46. The smallest absolute Gasteiger partial charge is 0.173 e. The van der Waals surface area contributed by atoms with Crippen LogP contribution < -0.4 is 4.74 Å². The van der Waals surface area contributed by atoms with E-state index in [2.05, 4.69) is 6.92 Å². The Kier molecular flexibility index (Phi) is 6.00. The Hall–Kier alpha value is -1.64. The molecule has 0 heterocycles. The lowest BCUT2D eigenvalue weighted by atomic mass is 10.1. The number of carbonyl (C=O) groups excluding carboxylic acids is 2. The van der Waals surface area contributed by atoms with Crippen LogP contribution in [0.5, 0.6) is 5.75 Å². The van der Waals surface area contributed by atoms with Crippen LogP contribution in [0.25, 0.3) is 0 Å². The molecule has 1 aromatic rings. The van der Waals surface area contributed by atoms with E-state index in [0.717, 1.165) is 19.3 Å². The standard InChI is InChI=1S/C14H18O3/c1-2-3-6-11-17-14-8-5-4-7-12(14)13(16)9-10-15/h4-5,7-8,10H,2-3,6,9,11H2,1H3. The molecule has 0 aliphatic carbocycles. The Morgan fingerprint density at radius 1 is 1.29 bits per heavy atom. The van der Waals surface area contributed by atoms with Gasteiger partial charge in [-0.2, -0.15) is 0 Å². The number of ether oxygens (including phenoxy) is 1. The summed E-state index contributed by atoms with van der Waals surface area (Å²) in [5.74, 6) is 0.390. The van der Waals surface area contributed by atoms with Gasteiger partial charge in [-0.3, -0.25) is 4.79 Å². The largest absolute Gasteiger partial charge is 0.493 e. The topological polar surface area (TPSA) is 43.4 Å². The van der Waals surface area contributed by atoms with Gasteiger partial charge in [0, 0.05) is 0 Å². The molecule has 0 N–H and O–H groups in total. The molecule has 0 saturated heterocycles. The fourth-order valence-electron chi connectivity index (χ4n) is 1.54. The van der Waals surface area contributed by atoms with Crippen LogP contribution in [0.15, 0.2) is 24.3 Å². The Morgan fingerprint density at radius 2 is 2.06 bits per heavy atom. The van der Waals surface area contributed by atoms with Crippen LogP contribution >= 0.6 is 0 Å². The Labute approximate surface area is 102 Å². The molecule has 0 aliphatic heterocycles. The lowest BCUT2D eigenvalue weighted by Gasteiger charge is -2.09. The second kappa shape index (κ2) is 7.60. The van der Waals surface area contributed by atoms with E-state index >= 15 is 0 Å². The summed E-state index contributed by atoms with van der Waals surface area (Å²) in [6.45, 7) is 2.74. The van der Waals surface area contributed by atoms with Crippen molar-refractivity contribution in [2.24, 2.45) is 0 Å². The molecule has 0 saturated carbocycles. The second-order valence-corrected chi connectivity index (χ2v) is 3.85. The maximum atomic E-state index is 11.6. The van der Waals surface area contributed by atoms with Crippen molar-refractivity contribution in [3.05, 3.63) is 29.8 Å². The highest BCUT2D eigenvalue weighted by Crippen LogP contribution is 2.19. The van der Waals surface area contributed by atoms with Crippen molar-refractivity contribution in [1.82, 2.24) is 0 Å². The number of rotatable bonds is 8. The van der Waals surface area contributed by atoms with Crippen molar-refractivity contribution in [3.8, 4) is 5.75 Å². The van der Waals surface area contributed by atoms with Crippen LogP contribution in [-0.4, -0.2) is 18.7 Å². The number of unbranched alkanes of at least 4 members (excludes halogenated alkanes) is 2. The molecule has 1 rings (SSSR count). The van der Waals surface area contributed by atoms with Crippen molar-refractivity contribution in [2.45, 2.75) is 32.6 Å². The number of Topliss-reactive ketones (excluding diaryl/α,β-unsaturated/α-hetero) is 1. The predicted octanol–water partition coefficient (Wildman–Crippen LogP) is 3.03. The number of benzene rings is 1. The average Bonchev–Trinajstić information content (AvgIpc) is 2.35. The molecule has 0 spiro atoms. The Bertz CT molecular complexity index is 371. The summed E-state index contributed by atoms with van der Waals surface area (Å²) in [6.07, 6.45) is 3.76. The van der Waals surface area contributed by atoms with Gasteiger partial charge in [-0.25, -0.2) is 0 Å². The van der Waals surface area contributed by atoms with E-state index in [1.54, 1.807) is 18.2 Å². The van der Waals surface area contributed by atoms with Crippen molar-refractivity contribution in [3.63, 3.8) is 0 Å². The minimum absolute atomic E-state index is 0.0880. The van der Waals surface area contributed by atoms with Gasteiger partial charge in [-0.1, -0.05) is 31.9 Å². The summed E-state index contributed by atoms with van der Waals surface area (Å²) in [6, 6.07) is 7.06. The normalized spacial score (nSPS) is 9.94. The molecule has 1 aromatic carbocycles. The first-order chi connectivity index (χ1) is 8.29. The van der Waals surface area contributed by atoms with Gasteiger partial charge in [0.1, 0.15) is 12.0 Å². The molecule has 3 nitrogen and oxygen atoms in total. The van der Waals surface area contributed by atoms with E-state index < -0.39 is 0 Å². The molecule has 0 amide bonds. The van der Waals surface area contributed by atoms with Crippen LogP contribution in [0.1, 0.15) is 43.0 Å². The lowest BCUT2D eigenvalue weighted by molar-refractivity contribution is -0.107. The number of hydrogen-bond acceptors (Lipinski definition) is 3. The zero-order valence-corrected chi connectivity index (χ0v) is 10.1. The summed E-state index contributed by atoms with van der Waals surface area (Å²) in [5, 5.41) is 0. The quantitative estimate of drug-likeness (QED) is 0.300. The van der Waals surface area contributed by atoms with E-state index in [4.69, 9.17) is 4.74 Å². The number of aldehydes is 1. The number of para-hydroxylation sites is 1. The molecule has 92 valence electrons. The SMILES string of the molecule is CCCCCOc1ccccc1C(=O)CC=O. The second-order valence-electron chi connectivity index (χ2n) is 3.85. The van der Waals surface area contributed by atoms with Gasteiger partial charge >= 0.3 is 0 Å². The molecule has 17 heavy (non-hydrogen) atoms. The molecular formula is C14H18O3. The summed E-state index contributed by atoms with van der Waals surface area (Å²) < 4.78 is 5.57. The van der Waals surface area contributed by atoms with Gasteiger partial charge in [0.05, 0.1) is 18.6 Å². The highest BCUT2D eigenvalue weighted by Gasteiger charge is 2.10. The Morgan fingerprint density at radius 3 is 2.76 bits per heavy atom. The average molecular weight is 234 g/mol. The fraction of sp³-hybridized carbons (Fsp3) is 0.429. The van der Waals surface area contributed by atoms with Crippen molar-refractivity contribution in [2.75, 3.05) is 6.61 Å². The number of ketones is 1.